The second-order valence-electron chi connectivity index (χ2n) is 19.4. The van der Waals surface area contributed by atoms with E-state index < -0.39 is 0 Å². The number of rotatable bonds is 7. The first-order valence-electron chi connectivity index (χ1n) is 22.8. The zero-order valence-corrected chi connectivity index (χ0v) is 34.3. The Morgan fingerprint density at radius 1 is 0.474 bits per heavy atom. The molecule has 4 saturated carbocycles. The topological polar surface area (TPSA) is 3.24 Å². The molecule has 5 aliphatic carbocycles. The molecule has 4 fully saturated rings. The summed E-state index contributed by atoms with van der Waals surface area (Å²) in [6, 6.07) is 48.3. The number of hydrogen-bond acceptors (Lipinski definition) is 1. The minimum Gasteiger partial charge on any atom is -0.310 e. The molecule has 1 heteroatoms. The van der Waals surface area contributed by atoms with Gasteiger partial charge in [0.05, 0.1) is 0 Å². The Morgan fingerprint density at radius 3 is 1.82 bits per heavy atom. The van der Waals surface area contributed by atoms with E-state index >= 15 is 0 Å². The first-order chi connectivity index (χ1) is 28.0. The molecule has 1 nitrogen and oxygen atoms in total. The fourth-order valence-electron chi connectivity index (χ4n) is 12.7. The average Bonchev–Trinajstić information content (AvgIpc) is 3.97. The molecule has 3 unspecified atom stereocenters. The number of hydrogen-bond donors (Lipinski definition) is 0. The van der Waals surface area contributed by atoms with E-state index in [2.05, 4.69) is 140 Å². The van der Waals surface area contributed by atoms with Crippen molar-refractivity contribution >= 4 is 27.8 Å². The molecule has 3 atom stereocenters. The summed E-state index contributed by atoms with van der Waals surface area (Å²) < 4.78 is 0. The van der Waals surface area contributed by atoms with Gasteiger partial charge in [0.15, 0.2) is 0 Å². The van der Waals surface area contributed by atoms with Crippen LogP contribution in [0.25, 0.3) is 33.0 Å². The fraction of sp³-hybridized carbons (Fsp3) is 0.393. The van der Waals surface area contributed by atoms with Crippen LogP contribution in [0.15, 0.2) is 121 Å². The molecular formula is C56H59N. The molecule has 0 amide bonds. The van der Waals surface area contributed by atoms with Crippen LogP contribution in [0.1, 0.15) is 149 Å². The van der Waals surface area contributed by atoms with Crippen molar-refractivity contribution in [2.75, 3.05) is 4.90 Å². The SMILES string of the molecule is CC1(C)c2cc(N(c3ccc(C4CC5CCC4C5)cc3)c3ccc4ccc(C5CCCCC5)cc4c3)ccc2-c2cccc(-c3ccc(C4CCCCC4)cc3)c21. The van der Waals surface area contributed by atoms with Crippen molar-refractivity contribution in [3.63, 3.8) is 0 Å². The van der Waals surface area contributed by atoms with Crippen LogP contribution < -0.4 is 4.90 Å². The highest BCUT2D eigenvalue weighted by molar-refractivity contribution is 5.93. The first-order valence-corrected chi connectivity index (χ1v) is 22.8. The van der Waals surface area contributed by atoms with Crippen molar-refractivity contribution in [2.24, 2.45) is 11.8 Å². The van der Waals surface area contributed by atoms with E-state index in [1.54, 1.807) is 5.56 Å². The van der Waals surface area contributed by atoms with Crippen LogP contribution in [0.5, 0.6) is 0 Å². The predicted octanol–water partition coefficient (Wildman–Crippen LogP) is 16.3. The lowest BCUT2D eigenvalue weighted by molar-refractivity contribution is 0.420. The van der Waals surface area contributed by atoms with Gasteiger partial charge in [-0.1, -0.05) is 144 Å². The van der Waals surface area contributed by atoms with Crippen molar-refractivity contribution in [1.82, 2.24) is 0 Å². The second-order valence-corrected chi connectivity index (χ2v) is 19.4. The lowest BCUT2D eigenvalue weighted by atomic mass is 9.78. The van der Waals surface area contributed by atoms with Gasteiger partial charge in [-0.15, -0.1) is 0 Å². The van der Waals surface area contributed by atoms with Crippen LogP contribution in [0, 0.1) is 11.8 Å². The molecule has 0 spiro atoms. The third-order valence-corrected chi connectivity index (χ3v) is 15.7. The van der Waals surface area contributed by atoms with Crippen LogP contribution in [-0.4, -0.2) is 0 Å². The Bertz CT molecular complexity index is 2420. The Kier molecular flexibility index (Phi) is 8.94. The molecule has 0 N–H and O–H groups in total. The monoisotopic (exact) mass is 745 g/mol. The van der Waals surface area contributed by atoms with Gasteiger partial charge in [0.2, 0.25) is 0 Å². The average molecular weight is 746 g/mol. The quantitative estimate of drug-likeness (QED) is 0.157. The van der Waals surface area contributed by atoms with Gasteiger partial charge in [-0.25, -0.2) is 0 Å². The molecule has 2 bridgehead atoms. The van der Waals surface area contributed by atoms with E-state index in [9.17, 15) is 0 Å². The Balaban J connectivity index is 0.983. The van der Waals surface area contributed by atoms with Gasteiger partial charge >= 0.3 is 0 Å². The van der Waals surface area contributed by atoms with E-state index in [4.69, 9.17) is 0 Å². The molecule has 0 heterocycles. The summed E-state index contributed by atoms with van der Waals surface area (Å²) in [7, 11) is 0. The van der Waals surface area contributed by atoms with Gasteiger partial charge < -0.3 is 4.90 Å². The summed E-state index contributed by atoms with van der Waals surface area (Å²) in [4.78, 5) is 2.54. The molecule has 0 saturated heterocycles. The van der Waals surface area contributed by atoms with E-state index in [-0.39, 0.29) is 5.41 Å². The van der Waals surface area contributed by atoms with Crippen LogP contribution >= 0.6 is 0 Å². The van der Waals surface area contributed by atoms with E-state index in [0.29, 0.717) is 5.92 Å². The highest BCUT2D eigenvalue weighted by Crippen LogP contribution is 2.55. The summed E-state index contributed by atoms with van der Waals surface area (Å²) in [5.41, 5.74) is 16.5. The molecule has 0 aliphatic heterocycles. The van der Waals surface area contributed by atoms with Gasteiger partial charge in [-0.05, 0) is 172 Å². The summed E-state index contributed by atoms with van der Waals surface area (Å²) in [6.45, 7) is 4.91. The molecular weight excluding hydrogens is 687 g/mol. The van der Waals surface area contributed by atoms with Crippen LogP contribution in [0.3, 0.4) is 0 Å². The van der Waals surface area contributed by atoms with E-state index in [0.717, 1.165) is 23.7 Å². The number of fused-ring (bicyclic) bond motifs is 6. The van der Waals surface area contributed by atoms with Gasteiger partial charge in [0, 0.05) is 22.5 Å². The highest BCUT2D eigenvalue weighted by Gasteiger charge is 2.41. The van der Waals surface area contributed by atoms with Gasteiger partial charge in [0.25, 0.3) is 0 Å². The van der Waals surface area contributed by atoms with E-state index in [1.807, 2.05) is 0 Å². The van der Waals surface area contributed by atoms with Crippen molar-refractivity contribution in [3.05, 3.63) is 149 Å². The number of benzene rings is 6. The van der Waals surface area contributed by atoms with Crippen LogP contribution in [0.4, 0.5) is 17.1 Å². The molecule has 288 valence electrons. The lowest BCUT2D eigenvalue weighted by Gasteiger charge is -2.29. The number of anilines is 3. The molecule has 11 rings (SSSR count). The number of nitrogens with zero attached hydrogens (tertiary/aromatic N) is 1. The maximum Gasteiger partial charge on any atom is 0.0468 e. The molecule has 5 aliphatic rings. The summed E-state index contributed by atoms with van der Waals surface area (Å²) >= 11 is 0. The lowest BCUT2D eigenvalue weighted by Crippen LogP contribution is -2.17. The fourth-order valence-corrected chi connectivity index (χ4v) is 12.7. The minimum absolute atomic E-state index is 0.144. The van der Waals surface area contributed by atoms with Crippen molar-refractivity contribution in [3.8, 4) is 22.3 Å². The van der Waals surface area contributed by atoms with Crippen molar-refractivity contribution in [2.45, 2.75) is 127 Å². The third-order valence-electron chi connectivity index (χ3n) is 15.7. The zero-order valence-electron chi connectivity index (χ0n) is 34.3. The standard InChI is InChI=1S/C56H59N/c1-56(2)54-36-49(30-31-51(54)52-15-9-14-50(55(52)56)42-21-18-40(19-22-42)38-10-5-3-6-11-38)57(47-27-25-43(26-28-47)53-33-37-16-17-45(53)32-37)48-29-24-41-20-23-44(34-46(41)35-48)39-12-7-4-8-13-39/h9,14-15,18-31,34-39,45,53H,3-8,10-13,16-17,32-33H2,1-2H3. The third kappa shape index (κ3) is 6.27. The van der Waals surface area contributed by atoms with Gasteiger partial charge in [-0.3, -0.25) is 0 Å². The van der Waals surface area contributed by atoms with E-state index in [1.165, 1.54) is 162 Å². The molecule has 57 heavy (non-hydrogen) atoms. The molecule has 6 aromatic carbocycles. The minimum atomic E-state index is -0.144. The smallest absolute Gasteiger partial charge is 0.0468 e. The molecule has 0 radical (unpaired) electrons. The largest absolute Gasteiger partial charge is 0.310 e. The Labute approximate surface area is 341 Å². The second kappa shape index (κ2) is 14.3. The van der Waals surface area contributed by atoms with Crippen LogP contribution in [0.2, 0.25) is 0 Å². The summed E-state index contributed by atoms with van der Waals surface area (Å²) in [6.07, 6.45) is 19.3. The first kappa shape index (κ1) is 35.5. The maximum atomic E-state index is 2.54. The van der Waals surface area contributed by atoms with Crippen LogP contribution in [-0.2, 0) is 5.41 Å². The predicted molar refractivity (Wildman–Crippen MR) is 241 cm³/mol. The molecule has 0 aromatic heterocycles. The Hall–Kier alpha value is -4.62. The summed E-state index contributed by atoms with van der Waals surface area (Å²) in [5, 5.41) is 2.68. The highest BCUT2D eigenvalue weighted by atomic mass is 15.1. The van der Waals surface area contributed by atoms with Crippen molar-refractivity contribution < 1.29 is 0 Å². The Morgan fingerprint density at radius 2 is 1.11 bits per heavy atom. The van der Waals surface area contributed by atoms with Gasteiger partial charge in [-0.2, -0.15) is 0 Å². The summed E-state index contributed by atoms with van der Waals surface area (Å²) in [5.74, 6) is 4.00. The van der Waals surface area contributed by atoms with Crippen molar-refractivity contribution in [1.29, 1.82) is 0 Å². The van der Waals surface area contributed by atoms with Gasteiger partial charge in [0.1, 0.15) is 0 Å². The maximum absolute atomic E-state index is 2.54. The zero-order chi connectivity index (χ0) is 38.1. The normalized spacial score (nSPS) is 22.8. The molecule has 6 aromatic rings.